The first-order valence-corrected chi connectivity index (χ1v) is 6.52. The van der Waals surface area contributed by atoms with Crippen molar-refractivity contribution in [3.8, 4) is 0 Å². The molecule has 0 saturated heterocycles. The summed E-state index contributed by atoms with van der Waals surface area (Å²) in [5.74, 6) is -0.770. The maximum Gasteiger partial charge on any atom is 0.307 e. The molecule has 0 radical (unpaired) electrons. The average molecular weight is 238 g/mol. The number of rotatable bonds is 3. The van der Waals surface area contributed by atoms with Crippen molar-refractivity contribution in [2.75, 3.05) is 6.26 Å². The lowest BCUT2D eigenvalue weighted by molar-refractivity contribution is -0.136. The summed E-state index contributed by atoms with van der Waals surface area (Å²) in [5, 5.41) is 9.94. The lowest BCUT2D eigenvalue weighted by atomic mass is 10.1. The van der Waals surface area contributed by atoms with Gasteiger partial charge in [-0.25, -0.2) is 0 Å². The molecule has 0 saturated carbocycles. The molecule has 0 aliphatic rings. The molecule has 1 aromatic heterocycles. The van der Waals surface area contributed by atoms with Crippen molar-refractivity contribution < 1.29 is 9.90 Å². The minimum absolute atomic E-state index is 0.111. The van der Waals surface area contributed by atoms with Crippen LogP contribution in [0.25, 0.3) is 10.1 Å². The molecular formula is C11H10O2S2. The van der Waals surface area contributed by atoms with E-state index in [0.29, 0.717) is 0 Å². The summed E-state index contributed by atoms with van der Waals surface area (Å²) in [5.41, 5.74) is 0.954. The van der Waals surface area contributed by atoms with Crippen LogP contribution in [0.4, 0.5) is 0 Å². The number of hydrogen-bond donors (Lipinski definition) is 1. The zero-order valence-electron chi connectivity index (χ0n) is 8.19. The van der Waals surface area contributed by atoms with Gasteiger partial charge in [-0.2, -0.15) is 0 Å². The maximum atomic E-state index is 10.8. The molecule has 1 heterocycles. The van der Waals surface area contributed by atoms with Gasteiger partial charge in [0.05, 0.1) is 10.6 Å². The fraction of sp³-hybridized carbons (Fsp3) is 0.182. The Morgan fingerprint density at radius 2 is 2.20 bits per heavy atom. The Morgan fingerprint density at radius 1 is 1.47 bits per heavy atom. The minimum Gasteiger partial charge on any atom is -0.481 e. The predicted molar refractivity (Wildman–Crippen MR) is 64.9 cm³/mol. The second-order valence-electron chi connectivity index (χ2n) is 3.14. The third kappa shape index (κ3) is 2.01. The summed E-state index contributed by atoms with van der Waals surface area (Å²) < 4.78 is 2.27. The SMILES string of the molecule is CSc1sc2ccccc2c1CC(=O)O. The summed E-state index contributed by atoms with van der Waals surface area (Å²) >= 11 is 3.28. The number of carbonyl (C=O) groups is 1. The molecule has 0 bridgehead atoms. The Labute approximate surface area is 95.9 Å². The van der Waals surface area contributed by atoms with Crippen molar-refractivity contribution in [3.63, 3.8) is 0 Å². The summed E-state index contributed by atoms with van der Waals surface area (Å²) in [6, 6.07) is 7.95. The fourth-order valence-electron chi connectivity index (χ4n) is 1.56. The number of thioether (sulfide) groups is 1. The van der Waals surface area contributed by atoms with Crippen molar-refractivity contribution in [2.24, 2.45) is 0 Å². The van der Waals surface area contributed by atoms with Crippen LogP contribution in [0.3, 0.4) is 0 Å². The largest absolute Gasteiger partial charge is 0.481 e. The van der Waals surface area contributed by atoms with Crippen molar-refractivity contribution in [1.82, 2.24) is 0 Å². The molecule has 0 spiro atoms. The lowest BCUT2D eigenvalue weighted by Crippen LogP contribution is -1.99. The van der Waals surface area contributed by atoms with Crippen molar-refractivity contribution in [2.45, 2.75) is 10.6 Å². The van der Waals surface area contributed by atoms with Crippen LogP contribution in [-0.4, -0.2) is 17.3 Å². The van der Waals surface area contributed by atoms with Gasteiger partial charge in [0.15, 0.2) is 0 Å². The molecule has 1 N–H and O–H groups in total. The molecule has 0 unspecified atom stereocenters. The van der Waals surface area contributed by atoms with Crippen LogP contribution in [0.5, 0.6) is 0 Å². The smallest absolute Gasteiger partial charge is 0.307 e. The highest BCUT2D eigenvalue weighted by atomic mass is 32.2. The van der Waals surface area contributed by atoms with Crippen LogP contribution < -0.4 is 0 Å². The number of aliphatic carboxylic acids is 1. The Bertz CT molecular complexity index is 502. The van der Waals surface area contributed by atoms with Crippen LogP contribution in [0.1, 0.15) is 5.56 Å². The van der Waals surface area contributed by atoms with Gasteiger partial charge in [-0.05, 0) is 23.3 Å². The highest BCUT2D eigenvalue weighted by molar-refractivity contribution is 8.00. The summed E-state index contributed by atoms with van der Waals surface area (Å²) in [7, 11) is 0. The van der Waals surface area contributed by atoms with Gasteiger partial charge in [0.2, 0.25) is 0 Å². The van der Waals surface area contributed by atoms with E-state index in [9.17, 15) is 4.79 Å². The maximum absolute atomic E-state index is 10.8. The Kier molecular flexibility index (Phi) is 2.98. The summed E-state index contributed by atoms with van der Waals surface area (Å²) in [6.07, 6.45) is 2.09. The van der Waals surface area contributed by atoms with E-state index in [1.54, 1.807) is 23.1 Å². The van der Waals surface area contributed by atoms with E-state index in [4.69, 9.17) is 5.11 Å². The van der Waals surface area contributed by atoms with E-state index in [1.165, 1.54) is 0 Å². The molecule has 15 heavy (non-hydrogen) atoms. The van der Waals surface area contributed by atoms with Crippen molar-refractivity contribution in [1.29, 1.82) is 0 Å². The molecule has 4 heteroatoms. The summed E-state index contributed by atoms with van der Waals surface area (Å²) in [6.45, 7) is 0. The van der Waals surface area contributed by atoms with E-state index >= 15 is 0 Å². The molecule has 0 aliphatic carbocycles. The molecule has 0 fully saturated rings. The molecule has 0 aliphatic heterocycles. The van der Waals surface area contributed by atoms with Gasteiger partial charge in [0.25, 0.3) is 0 Å². The highest BCUT2D eigenvalue weighted by Crippen LogP contribution is 2.37. The van der Waals surface area contributed by atoms with Gasteiger partial charge in [-0.3, -0.25) is 4.79 Å². The zero-order chi connectivity index (χ0) is 10.8. The van der Waals surface area contributed by atoms with E-state index in [0.717, 1.165) is 19.9 Å². The van der Waals surface area contributed by atoms with Gasteiger partial charge >= 0.3 is 5.97 Å². The van der Waals surface area contributed by atoms with Crippen LogP contribution in [0.15, 0.2) is 28.5 Å². The van der Waals surface area contributed by atoms with E-state index in [2.05, 4.69) is 0 Å². The topological polar surface area (TPSA) is 37.3 Å². The van der Waals surface area contributed by atoms with Gasteiger partial charge in [-0.15, -0.1) is 23.1 Å². The number of fused-ring (bicyclic) bond motifs is 1. The number of benzene rings is 1. The van der Waals surface area contributed by atoms with Crippen LogP contribution in [0, 0.1) is 0 Å². The molecule has 2 nitrogen and oxygen atoms in total. The lowest BCUT2D eigenvalue weighted by Gasteiger charge is -1.97. The summed E-state index contributed by atoms with van der Waals surface area (Å²) in [4.78, 5) is 10.8. The molecule has 0 atom stereocenters. The first-order valence-electron chi connectivity index (χ1n) is 4.48. The van der Waals surface area contributed by atoms with Crippen LogP contribution >= 0.6 is 23.1 Å². The first-order chi connectivity index (χ1) is 7.22. The number of carboxylic acids is 1. The van der Waals surface area contributed by atoms with E-state index in [-0.39, 0.29) is 6.42 Å². The number of hydrogen-bond acceptors (Lipinski definition) is 3. The molecule has 2 aromatic rings. The number of carboxylic acid groups (broad SMARTS) is 1. The Balaban J connectivity index is 2.61. The normalized spacial score (nSPS) is 10.7. The first kappa shape index (κ1) is 10.5. The predicted octanol–water partition coefficient (Wildman–Crippen LogP) is 3.25. The van der Waals surface area contributed by atoms with Crippen LogP contribution in [-0.2, 0) is 11.2 Å². The Hall–Kier alpha value is -1.00. The second-order valence-corrected chi connectivity index (χ2v) is 5.27. The fourth-order valence-corrected chi connectivity index (χ4v) is 3.54. The van der Waals surface area contributed by atoms with Crippen LogP contribution in [0.2, 0.25) is 0 Å². The average Bonchev–Trinajstić information content (AvgIpc) is 2.56. The van der Waals surface area contributed by atoms with Gasteiger partial charge in [0.1, 0.15) is 0 Å². The second kappa shape index (κ2) is 4.24. The Morgan fingerprint density at radius 3 is 2.87 bits per heavy atom. The standard InChI is InChI=1S/C11H10O2S2/c1-14-11-8(6-10(12)13)7-4-2-3-5-9(7)15-11/h2-5H,6H2,1H3,(H,12,13). The third-order valence-electron chi connectivity index (χ3n) is 2.17. The molecule has 1 aromatic carbocycles. The third-order valence-corrected chi connectivity index (χ3v) is 4.55. The van der Waals surface area contributed by atoms with E-state index in [1.807, 2.05) is 30.5 Å². The zero-order valence-corrected chi connectivity index (χ0v) is 9.82. The van der Waals surface area contributed by atoms with Crippen molar-refractivity contribution in [3.05, 3.63) is 29.8 Å². The van der Waals surface area contributed by atoms with Gasteiger partial charge < -0.3 is 5.11 Å². The molecular weight excluding hydrogens is 228 g/mol. The molecule has 2 rings (SSSR count). The van der Waals surface area contributed by atoms with Crippen molar-refractivity contribution >= 4 is 39.2 Å². The minimum atomic E-state index is -0.770. The quantitative estimate of drug-likeness (QED) is 0.834. The van der Waals surface area contributed by atoms with E-state index < -0.39 is 5.97 Å². The van der Waals surface area contributed by atoms with Gasteiger partial charge in [-0.1, -0.05) is 18.2 Å². The molecule has 78 valence electrons. The number of thiophene rings is 1. The highest BCUT2D eigenvalue weighted by Gasteiger charge is 2.13. The molecule has 0 amide bonds. The monoisotopic (exact) mass is 238 g/mol. The van der Waals surface area contributed by atoms with Gasteiger partial charge in [0, 0.05) is 4.70 Å².